The molecule has 2 nitrogen and oxygen atoms in total. The Morgan fingerprint density at radius 3 is 2.39 bits per heavy atom. The molecule has 0 aliphatic carbocycles. The van der Waals surface area contributed by atoms with Crippen molar-refractivity contribution >= 4 is 16.3 Å². The van der Waals surface area contributed by atoms with Crippen molar-refractivity contribution in [1.82, 2.24) is 4.57 Å². The van der Waals surface area contributed by atoms with Crippen molar-refractivity contribution in [3.05, 3.63) is 82.3 Å². The lowest BCUT2D eigenvalue weighted by Crippen LogP contribution is -2.24. The van der Waals surface area contributed by atoms with E-state index in [0.717, 1.165) is 10.1 Å². The molecule has 2 aromatic carbocycles. The van der Waals surface area contributed by atoms with E-state index in [9.17, 15) is 9.18 Å². The van der Waals surface area contributed by atoms with E-state index in [0.29, 0.717) is 16.3 Å². The molecule has 0 N–H and O–H groups in total. The van der Waals surface area contributed by atoms with Crippen LogP contribution in [0.4, 0.5) is 8.78 Å². The third kappa shape index (κ3) is 2.36. The molecule has 0 spiro atoms. The number of rotatable bonds is 2. The molecule has 4 heteroatoms. The highest BCUT2D eigenvalue weighted by atomic mass is 19.1. The predicted molar refractivity (Wildman–Crippen MR) is 88.9 cm³/mol. The number of allylic oxidation sites excluding steroid dienone is 1. The number of fused-ring (bicyclic) bond motifs is 1. The highest BCUT2D eigenvalue weighted by Gasteiger charge is 2.20. The molecule has 116 valence electrons. The summed E-state index contributed by atoms with van der Waals surface area (Å²) in [6, 6.07) is 11.0. The number of halogens is 2. The molecule has 0 saturated heterocycles. The van der Waals surface area contributed by atoms with Crippen LogP contribution in [-0.4, -0.2) is 4.57 Å². The van der Waals surface area contributed by atoms with Gasteiger partial charge >= 0.3 is 0 Å². The van der Waals surface area contributed by atoms with Crippen molar-refractivity contribution in [2.24, 2.45) is 0 Å². The number of aromatic nitrogens is 1. The van der Waals surface area contributed by atoms with Gasteiger partial charge in [0.05, 0.1) is 5.69 Å². The van der Waals surface area contributed by atoms with E-state index in [2.05, 4.69) is 6.58 Å². The normalized spacial score (nSPS) is 11.0. The van der Waals surface area contributed by atoms with Crippen molar-refractivity contribution in [3.8, 4) is 5.69 Å². The van der Waals surface area contributed by atoms with Gasteiger partial charge in [-0.3, -0.25) is 4.79 Å². The second-order valence-electron chi connectivity index (χ2n) is 5.59. The summed E-state index contributed by atoms with van der Waals surface area (Å²) < 4.78 is 30.0. The van der Waals surface area contributed by atoms with Crippen molar-refractivity contribution < 1.29 is 8.78 Å². The molecular formula is C19H15F2NO. The van der Waals surface area contributed by atoms with Crippen molar-refractivity contribution in [3.63, 3.8) is 0 Å². The molecule has 1 aromatic heterocycles. The van der Waals surface area contributed by atoms with Gasteiger partial charge in [0.25, 0.3) is 5.56 Å². The standard InChI is InChI=1S/C19H15F2NO/c1-11(2)17-13-6-4-5-7-14(13)19(23)22(18(17)21)16-10-12(3)8-9-15(16)20/h4-10H,1H2,2-3H3. The van der Waals surface area contributed by atoms with Crippen molar-refractivity contribution in [2.75, 3.05) is 0 Å². The van der Waals surface area contributed by atoms with Crippen LogP contribution >= 0.6 is 0 Å². The fourth-order valence-electron chi connectivity index (χ4n) is 2.74. The maximum absolute atomic E-state index is 15.0. The maximum Gasteiger partial charge on any atom is 0.265 e. The Morgan fingerprint density at radius 1 is 1.09 bits per heavy atom. The average Bonchev–Trinajstić information content (AvgIpc) is 2.50. The van der Waals surface area contributed by atoms with E-state index in [4.69, 9.17) is 0 Å². The molecule has 0 aliphatic rings. The number of nitrogens with zero attached hydrogens (tertiary/aromatic N) is 1. The van der Waals surface area contributed by atoms with Crippen molar-refractivity contribution in [1.29, 1.82) is 0 Å². The third-order valence-electron chi connectivity index (χ3n) is 3.80. The van der Waals surface area contributed by atoms with E-state index in [-0.39, 0.29) is 11.3 Å². The van der Waals surface area contributed by atoms with Crippen LogP contribution in [0, 0.1) is 18.7 Å². The molecule has 0 fully saturated rings. The number of benzene rings is 2. The molecule has 0 amide bonds. The van der Waals surface area contributed by atoms with Crippen molar-refractivity contribution in [2.45, 2.75) is 13.8 Å². The lowest BCUT2D eigenvalue weighted by atomic mass is 10.0. The molecular weight excluding hydrogens is 296 g/mol. The van der Waals surface area contributed by atoms with Crippen LogP contribution in [0.25, 0.3) is 22.0 Å². The second-order valence-corrected chi connectivity index (χ2v) is 5.59. The predicted octanol–water partition coefficient (Wildman–Crippen LogP) is 4.61. The van der Waals surface area contributed by atoms with E-state index >= 15 is 4.39 Å². The zero-order valence-corrected chi connectivity index (χ0v) is 12.9. The summed E-state index contributed by atoms with van der Waals surface area (Å²) in [4.78, 5) is 12.7. The molecule has 0 atom stereocenters. The Bertz CT molecular complexity index is 1000. The van der Waals surface area contributed by atoms with Gasteiger partial charge in [-0.1, -0.05) is 30.8 Å². The lowest BCUT2D eigenvalue weighted by molar-refractivity contribution is 0.528. The van der Waals surface area contributed by atoms with Gasteiger partial charge in [-0.15, -0.1) is 0 Å². The summed E-state index contributed by atoms with van der Waals surface area (Å²) >= 11 is 0. The molecule has 0 radical (unpaired) electrons. The maximum atomic E-state index is 15.0. The first-order chi connectivity index (χ1) is 10.9. The summed E-state index contributed by atoms with van der Waals surface area (Å²) in [7, 11) is 0. The smallest absolute Gasteiger partial charge is 0.265 e. The first-order valence-corrected chi connectivity index (χ1v) is 7.17. The Morgan fingerprint density at radius 2 is 1.74 bits per heavy atom. The van der Waals surface area contributed by atoms with Crippen LogP contribution in [0.5, 0.6) is 0 Å². The molecule has 1 heterocycles. The highest BCUT2D eigenvalue weighted by Crippen LogP contribution is 2.27. The van der Waals surface area contributed by atoms with E-state index in [1.165, 1.54) is 12.1 Å². The van der Waals surface area contributed by atoms with Gasteiger partial charge in [-0.05, 0) is 48.6 Å². The monoisotopic (exact) mass is 311 g/mol. The minimum absolute atomic E-state index is 0.0965. The molecule has 3 aromatic rings. The van der Waals surface area contributed by atoms with Crippen LogP contribution in [0.1, 0.15) is 18.1 Å². The van der Waals surface area contributed by atoms with Crippen LogP contribution in [0.3, 0.4) is 0 Å². The SMILES string of the molecule is C=C(C)c1c(F)n(-c2cc(C)ccc2F)c(=O)c2ccccc12. The van der Waals surface area contributed by atoms with Crippen LogP contribution < -0.4 is 5.56 Å². The Labute approximate surface area is 132 Å². The number of aryl methyl sites for hydroxylation is 1. The Balaban J connectivity index is 2.54. The van der Waals surface area contributed by atoms with E-state index in [1.54, 1.807) is 44.2 Å². The van der Waals surface area contributed by atoms with E-state index < -0.39 is 17.3 Å². The fourth-order valence-corrected chi connectivity index (χ4v) is 2.74. The van der Waals surface area contributed by atoms with Gasteiger partial charge in [0.2, 0.25) is 5.95 Å². The number of pyridine rings is 1. The molecule has 23 heavy (non-hydrogen) atoms. The Hall–Kier alpha value is -2.75. The summed E-state index contributed by atoms with van der Waals surface area (Å²) in [6.07, 6.45) is 0. The third-order valence-corrected chi connectivity index (χ3v) is 3.80. The summed E-state index contributed by atoms with van der Waals surface area (Å²) in [5.41, 5.74) is 0.743. The van der Waals surface area contributed by atoms with Gasteiger partial charge in [0.15, 0.2) is 0 Å². The van der Waals surface area contributed by atoms with Gasteiger partial charge in [0, 0.05) is 10.9 Å². The first-order valence-electron chi connectivity index (χ1n) is 7.17. The van der Waals surface area contributed by atoms with Crippen LogP contribution in [0.2, 0.25) is 0 Å². The van der Waals surface area contributed by atoms with Gasteiger partial charge in [-0.2, -0.15) is 4.39 Å². The summed E-state index contributed by atoms with van der Waals surface area (Å²) in [5.74, 6) is -1.45. The minimum Gasteiger partial charge on any atom is -0.268 e. The largest absolute Gasteiger partial charge is 0.268 e. The van der Waals surface area contributed by atoms with Crippen LogP contribution in [0.15, 0.2) is 53.8 Å². The van der Waals surface area contributed by atoms with Gasteiger partial charge in [-0.25, -0.2) is 8.96 Å². The minimum atomic E-state index is -0.800. The fraction of sp³-hybridized carbons (Fsp3) is 0.105. The average molecular weight is 311 g/mol. The molecule has 3 rings (SSSR count). The molecule has 0 saturated carbocycles. The topological polar surface area (TPSA) is 22.0 Å². The summed E-state index contributed by atoms with van der Waals surface area (Å²) in [6.45, 7) is 7.21. The zero-order chi connectivity index (χ0) is 16.7. The second kappa shape index (κ2) is 5.47. The highest BCUT2D eigenvalue weighted by molar-refractivity contribution is 5.92. The molecule has 0 aliphatic heterocycles. The van der Waals surface area contributed by atoms with E-state index in [1.807, 2.05) is 0 Å². The van der Waals surface area contributed by atoms with Gasteiger partial charge < -0.3 is 0 Å². The number of hydrogen-bond acceptors (Lipinski definition) is 1. The Kier molecular flexibility index (Phi) is 3.60. The quantitative estimate of drug-likeness (QED) is 0.633. The first kappa shape index (κ1) is 15.2. The summed E-state index contributed by atoms with van der Waals surface area (Å²) in [5, 5.41) is 0.805. The van der Waals surface area contributed by atoms with Crippen LogP contribution in [-0.2, 0) is 0 Å². The lowest BCUT2D eigenvalue weighted by Gasteiger charge is -2.15. The molecule has 0 bridgehead atoms. The molecule has 0 unspecified atom stereocenters. The zero-order valence-electron chi connectivity index (χ0n) is 12.9. The van der Waals surface area contributed by atoms with Gasteiger partial charge in [0.1, 0.15) is 5.82 Å². The number of hydrogen-bond donors (Lipinski definition) is 0.